The van der Waals surface area contributed by atoms with Gasteiger partial charge in [0.25, 0.3) is 0 Å². The molecule has 0 fully saturated rings. The summed E-state index contributed by atoms with van der Waals surface area (Å²) >= 11 is 9.57. The average molecular weight is 306 g/mol. The van der Waals surface area contributed by atoms with Crippen LogP contribution in [0.3, 0.4) is 0 Å². The zero-order chi connectivity index (χ0) is 13.1. The van der Waals surface area contributed by atoms with Crippen LogP contribution in [0.1, 0.15) is 15.8 Å². The van der Waals surface area contributed by atoms with Crippen molar-refractivity contribution in [2.75, 3.05) is 5.32 Å². The van der Waals surface area contributed by atoms with Gasteiger partial charge in [0.05, 0.1) is 6.04 Å². The van der Waals surface area contributed by atoms with Crippen molar-refractivity contribution in [1.82, 2.24) is 0 Å². The largest absolute Gasteiger partial charge is 0.373 e. The summed E-state index contributed by atoms with van der Waals surface area (Å²) < 4.78 is 0. The molecule has 0 saturated heterocycles. The van der Waals surface area contributed by atoms with Crippen LogP contribution in [0.15, 0.2) is 59.3 Å². The fourth-order valence-corrected chi connectivity index (χ4v) is 3.79. The molecule has 2 heterocycles. The van der Waals surface area contributed by atoms with Gasteiger partial charge in [0, 0.05) is 20.5 Å². The average Bonchev–Trinajstić information content (AvgIpc) is 3.10. The molecule has 0 spiro atoms. The third-order valence-electron chi connectivity index (χ3n) is 2.79. The Kier molecular flexibility index (Phi) is 3.87. The van der Waals surface area contributed by atoms with E-state index in [-0.39, 0.29) is 6.04 Å². The van der Waals surface area contributed by atoms with Crippen molar-refractivity contribution in [3.63, 3.8) is 0 Å². The number of rotatable bonds is 4. The topological polar surface area (TPSA) is 12.0 Å². The van der Waals surface area contributed by atoms with E-state index in [4.69, 9.17) is 11.6 Å². The molecule has 2 aromatic heterocycles. The van der Waals surface area contributed by atoms with E-state index in [2.05, 4.69) is 40.3 Å². The zero-order valence-electron chi connectivity index (χ0n) is 10.0. The molecule has 0 amide bonds. The molecule has 3 rings (SSSR count). The first kappa shape index (κ1) is 12.7. The van der Waals surface area contributed by atoms with Gasteiger partial charge in [0.1, 0.15) is 0 Å². The fraction of sp³-hybridized carbons (Fsp3) is 0.0667. The molecule has 0 radical (unpaired) electrons. The molecule has 4 heteroatoms. The molecule has 96 valence electrons. The smallest absolute Gasteiger partial charge is 0.0953 e. The second-order valence-electron chi connectivity index (χ2n) is 4.12. The Morgan fingerprint density at radius 2 is 1.58 bits per heavy atom. The van der Waals surface area contributed by atoms with Gasteiger partial charge in [0.15, 0.2) is 0 Å². The van der Waals surface area contributed by atoms with Crippen molar-refractivity contribution < 1.29 is 0 Å². The van der Waals surface area contributed by atoms with Crippen LogP contribution in [0.25, 0.3) is 0 Å². The number of thiophene rings is 2. The Hall–Kier alpha value is -1.29. The Morgan fingerprint density at radius 1 is 0.895 bits per heavy atom. The Bertz CT molecular complexity index is 598. The van der Waals surface area contributed by atoms with E-state index < -0.39 is 0 Å². The third kappa shape index (κ3) is 3.00. The van der Waals surface area contributed by atoms with Crippen molar-refractivity contribution in [1.29, 1.82) is 0 Å². The van der Waals surface area contributed by atoms with Gasteiger partial charge in [-0.1, -0.05) is 29.8 Å². The third-order valence-corrected chi connectivity index (χ3v) is 4.90. The van der Waals surface area contributed by atoms with E-state index in [0.29, 0.717) is 0 Å². The Morgan fingerprint density at radius 3 is 2.11 bits per heavy atom. The maximum atomic E-state index is 6.04. The summed E-state index contributed by atoms with van der Waals surface area (Å²) in [6.07, 6.45) is 0. The summed E-state index contributed by atoms with van der Waals surface area (Å²) in [6.45, 7) is 0. The molecule has 0 bridgehead atoms. The highest BCUT2D eigenvalue weighted by atomic mass is 35.5. The maximum absolute atomic E-state index is 6.04. The molecule has 0 unspecified atom stereocenters. The first-order valence-electron chi connectivity index (χ1n) is 5.92. The molecule has 0 aliphatic carbocycles. The Labute approximate surface area is 125 Å². The predicted octanol–water partition coefficient (Wildman–Crippen LogP) is 5.66. The lowest BCUT2D eigenvalue weighted by Crippen LogP contribution is -2.09. The zero-order valence-corrected chi connectivity index (χ0v) is 12.4. The van der Waals surface area contributed by atoms with Gasteiger partial charge < -0.3 is 5.32 Å². The first-order chi connectivity index (χ1) is 9.33. The van der Waals surface area contributed by atoms with Crippen LogP contribution in [-0.2, 0) is 0 Å². The molecule has 0 atom stereocenters. The highest BCUT2D eigenvalue weighted by Crippen LogP contribution is 2.32. The molecule has 0 saturated carbocycles. The lowest BCUT2D eigenvalue weighted by molar-refractivity contribution is 0.993. The minimum absolute atomic E-state index is 0.193. The molecular formula is C15H12ClNS2. The first-order valence-corrected chi connectivity index (χ1v) is 8.05. The van der Waals surface area contributed by atoms with E-state index in [9.17, 15) is 0 Å². The Balaban J connectivity index is 1.92. The number of nitrogens with one attached hydrogen (secondary N) is 1. The van der Waals surface area contributed by atoms with Crippen molar-refractivity contribution in [3.05, 3.63) is 74.1 Å². The normalized spacial score (nSPS) is 10.8. The van der Waals surface area contributed by atoms with Crippen LogP contribution in [-0.4, -0.2) is 0 Å². The maximum Gasteiger partial charge on any atom is 0.0953 e. The second kappa shape index (κ2) is 5.78. The summed E-state index contributed by atoms with van der Waals surface area (Å²) in [4.78, 5) is 2.62. The predicted molar refractivity (Wildman–Crippen MR) is 85.6 cm³/mol. The van der Waals surface area contributed by atoms with Crippen molar-refractivity contribution in [2.24, 2.45) is 0 Å². The van der Waals surface area contributed by atoms with Gasteiger partial charge in [-0.25, -0.2) is 0 Å². The second-order valence-corrected chi connectivity index (χ2v) is 6.51. The summed E-state index contributed by atoms with van der Waals surface area (Å²) in [7, 11) is 0. The van der Waals surface area contributed by atoms with E-state index >= 15 is 0 Å². The van der Waals surface area contributed by atoms with Crippen molar-refractivity contribution in [3.8, 4) is 0 Å². The van der Waals surface area contributed by atoms with Crippen LogP contribution in [0, 0.1) is 0 Å². The number of anilines is 1. The van der Waals surface area contributed by atoms with E-state index in [1.165, 1.54) is 9.75 Å². The fourth-order valence-electron chi connectivity index (χ4n) is 1.94. The molecular weight excluding hydrogens is 294 g/mol. The van der Waals surface area contributed by atoms with Crippen LogP contribution in [0.5, 0.6) is 0 Å². The molecule has 0 aliphatic heterocycles. The molecule has 1 N–H and O–H groups in total. The molecule has 0 aliphatic rings. The van der Waals surface area contributed by atoms with Crippen LogP contribution in [0.2, 0.25) is 5.02 Å². The monoisotopic (exact) mass is 305 g/mol. The van der Waals surface area contributed by atoms with E-state index in [0.717, 1.165) is 10.7 Å². The number of halogens is 1. The summed E-state index contributed by atoms with van der Waals surface area (Å²) in [5.41, 5.74) is 1.04. The number of hydrogen-bond donors (Lipinski definition) is 1. The van der Waals surface area contributed by atoms with Crippen LogP contribution >= 0.6 is 34.3 Å². The standard InChI is InChI=1S/C15H12ClNS2/c16-11-4-1-5-12(10-11)17-15(13-6-2-8-18-13)14-7-3-9-19-14/h1-10,15,17H. The molecule has 1 aromatic carbocycles. The van der Waals surface area contributed by atoms with Gasteiger partial charge in [-0.15, -0.1) is 22.7 Å². The summed E-state index contributed by atoms with van der Waals surface area (Å²) in [5.74, 6) is 0. The molecule has 1 nitrogen and oxygen atoms in total. The van der Waals surface area contributed by atoms with Gasteiger partial charge in [-0.2, -0.15) is 0 Å². The highest BCUT2D eigenvalue weighted by molar-refractivity contribution is 7.11. The highest BCUT2D eigenvalue weighted by Gasteiger charge is 2.16. The quantitative estimate of drug-likeness (QED) is 0.655. The minimum Gasteiger partial charge on any atom is -0.373 e. The number of benzene rings is 1. The van der Waals surface area contributed by atoms with E-state index in [1.54, 1.807) is 22.7 Å². The van der Waals surface area contributed by atoms with Crippen LogP contribution < -0.4 is 5.32 Å². The van der Waals surface area contributed by atoms with Crippen molar-refractivity contribution in [2.45, 2.75) is 6.04 Å². The molecule has 3 aromatic rings. The summed E-state index contributed by atoms with van der Waals surface area (Å²) in [6, 6.07) is 16.5. The number of hydrogen-bond acceptors (Lipinski definition) is 3. The van der Waals surface area contributed by atoms with Crippen LogP contribution in [0.4, 0.5) is 5.69 Å². The summed E-state index contributed by atoms with van der Waals surface area (Å²) in [5, 5.41) is 8.53. The minimum atomic E-state index is 0.193. The van der Waals surface area contributed by atoms with Gasteiger partial charge in [-0.05, 0) is 41.1 Å². The van der Waals surface area contributed by atoms with Gasteiger partial charge in [0.2, 0.25) is 0 Å². The van der Waals surface area contributed by atoms with E-state index in [1.807, 2.05) is 24.3 Å². The lowest BCUT2D eigenvalue weighted by atomic mass is 10.2. The van der Waals surface area contributed by atoms with Crippen molar-refractivity contribution >= 4 is 40.0 Å². The van der Waals surface area contributed by atoms with Gasteiger partial charge in [-0.3, -0.25) is 0 Å². The SMILES string of the molecule is Clc1cccc(NC(c2cccs2)c2cccs2)c1. The molecule has 19 heavy (non-hydrogen) atoms. The lowest BCUT2D eigenvalue weighted by Gasteiger charge is -2.17. The van der Waals surface area contributed by atoms with Gasteiger partial charge >= 0.3 is 0 Å².